The summed E-state index contributed by atoms with van der Waals surface area (Å²) in [6.07, 6.45) is -3.52. The number of nitrogens with zero attached hydrogens (tertiary/aromatic N) is 2. The van der Waals surface area contributed by atoms with Crippen molar-refractivity contribution >= 4 is 22.8 Å². The number of para-hydroxylation sites is 1. The number of carbonyl (C=O) groups is 2. The number of aliphatic carboxylic acids is 2. The third kappa shape index (κ3) is 5.89. The second kappa shape index (κ2) is 11.9. The summed E-state index contributed by atoms with van der Waals surface area (Å²) in [5.41, 5.74) is 1.97. The first-order chi connectivity index (χ1) is 17.1. The van der Waals surface area contributed by atoms with Crippen LogP contribution in [0.5, 0.6) is 0 Å². The number of aliphatic hydroxyl groups excluding tert-OH is 5. The van der Waals surface area contributed by atoms with Crippen molar-refractivity contribution in [1.82, 2.24) is 9.88 Å². The number of fused-ring (bicyclic) bond motifs is 4. The van der Waals surface area contributed by atoms with Crippen LogP contribution in [0.2, 0.25) is 0 Å². The van der Waals surface area contributed by atoms with Gasteiger partial charge in [0, 0.05) is 24.2 Å². The van der Waals surface area contributed by atoms with Crippen molar-refractivity contribution in [2.24, 2.45) is 11.8 Å². The van der Waals surface area contributed by atoms with Gasteiger partial charge in [0.1, 0.15) is 12.2 Å². The van der Waals surface area contributed by atoms with E-state index in [1.54, 1.807) is 0 Å². The highest BCUT2D eigenvalue weighted by Gasteiger charge is 2.42. The second-order valence-corrected chi connectivity index (χ2v) is 9.16. The SMILES string of the molecule is C=CC1CN2CCC1CC2C(O)c1ccnc2ccccc12.O=C(O)C(O)C(O)C(O)C(O)C(=O)O. The Balaban J connectivity index is 0.000000226. The van der Waals surface area contributed by atoms with Crippen LogP contribution in [0.15, 0.2) is 49.2 Å². The molecule has 2 aromatic rings. The quantitative estimate of drug-likeness (QED) is 0.235. The maximum atomic E-state index is 11.0. The summed E-state index contributed by atoms with van der Waals surface area (Å²) in [7, 11) is 0. The Kier molecular flexibility index (Phi) is 9.12. The minimum atomic E-state index is -2.36. The second-order valence-electron chi connectivity index (χ2n) is 9.16. The lowest BCUT2D eigenvalue weighted by Gasteiger charge is -2.50. The Morgan fingerprint density at radius 3 is 2.14 bits per heavy atom. The van der Waals surface area contributed by atoms with Crippen molar-refractivity contribution in [2.75, 3.05) is 13.1 Å². The molecular formula is C25H32N2O9. The number of piperidine rings is 3. The molecule has 196 valence electrons. The fraction of sp³-hybridized carbons (Fsp3) is 0.480. The Morgan fingerprint density at radius 2 is 1.61 bits per heavy atom. The van der Waals surface area contributed by atoms with Gasteiger partial charge in [0.25, 0.3) is 0 Å². The molecule has 0 aliphatic carbocycles. The maximum absolute atomic E-state index is 11.0. The standard InChI is InChI=1S/C19H22N2O.C6H10O8/c1-2-13-12-21-10-8-14(13)11-18(21)19(22)16-7-9-20-17-6-4-3-5-15(16)17;7-1(3(9)5(11)12)2(8)4(10)6(13)14/h2-7,9,13-14,18-19,22H,1,8,10-12H2;1-4,7-10H,(H,11,12)(H,13,14). The molecule has 5 rings (SSSR count). The molecule has 0 radical (unpaired) electrons. The van der Waals surface area contributed by atoms with E-state index >= 15 is 0 Å². The highest BCUT2D eigenvalue weighted by Crippen LogP contribution is 2.41. The van der Waals surface area contributed by atoms with E-state index in [-0.39, 0.29) is 6.04 Å². The van der Waals surface area contributed by atoms with Crippen LogP contribution >= 0.6 is 0 Å². The summed E-state index contributed by atoms with van der Waals surface area (Å²) < 4.78 is 0. The third-order valence-corrected chi connectivity index (χ3v) is 7.02. The van der Waals surface area contributed by atoms with E-state index in [0.29, 0.717) is 11.8 Å². The molecular weight excluding hydrogens is 472 g/mol. The predicted molar refractivity (Wildman–Crippen MR) is 128 cm³/mol. The average Bonchev–Trinajstić information content (AvgIpc) is 2.90. The number of benzene rings is 1. The van der Waals surface area contributed by atoms with Crippen LogP contribution in [0.3, 0.4) is 0 Å². The highest BCUT2D eigenvalue weighted by molar-refractivity contribution is 5.82. The van der Waals surface area contributed by atoms with Gasteiger partial charge in [0.05, 0.1) is 11.6 Å². The van der Waals surface area contributed by atoms with Gasteiger partial charge in [-0.15, -0.1) is 6.58 Å². The van der Waals surface area contributed by atoms with E-state index in [2.05, 4.69) is 28.6 Å². The van der Waals surface area contributed by atoms with Gasteiger partial charge in [-0.05, 0) is 48.9 Å². The topological polar surface area (TPSA) is 192 Å². The normalized spacial score (nSPS) is 27.1. The molecule has 1 aromatic carbocycles. The number of carboxylic acids is 2. The molecule has 7 N–H and O–H groups in total. The number of pyridine rings is 1. The highest BCUT2D eigenvalue weighted by atomic mass is 16.4. The van der Waals surface area contributed by atoms with E-state index in [1.165, 1.54) is 6.42 Å². The average molecular weight is 505 g/mol. The van der Waals surface area contributed by atoms with Crippen LogP contribution in [0.1, 0.15) is 24.5 Å². The summed E-state index contributed by atoms with van der Waals surface area (Å²) in [6.45, 7) is 6.11. The van der Waals surface area contributed by atoms with E-state index in [9.17, 15) is 14.7 Å². The maximum Gasteiger partial charge on any atom is 0.335 e. The first kappa shape index (κ1) is 27.7. The molecule has 0 spiro atoms. The molecule has 4 heterocycles. The van der Waals surface area contributed by atoms with Crippen molar-refractivity contribution in [1.29, 1.82) is 0 Å². The van der Waals surface area contributed by atoms with E-state index < -0.39 is 42.5 Å². The number of aromatic nitrogens is 1. The van der Waals surface area contributed by atoms with Crippen LogP contribution < -0.4 is 0 Å². The Bertz CT molecular complexity index is 1050. The fourth-order valence-electron chi connectivity index (χ4n) is 4.95. The Morgan fingerprint density at radius 1 is 1.00 bits per heavy atom. The van der Waals surface area contributed by atoms with Crippen molar-refractivity contribution in [3.8, 4) is 0 Å². The number of hydrogen-bond acceptors (Lipinski definition) is 9. The lowest BCUT2D eigenvalue weighted by atomic mass is 9.73. The molecule has 11 nitrogen and oxygen atoms in total. The number of carboxylic acid groups (broad SMARTS) is 2. The number of rotatable bonds is 8. The minimum absolute atomic E-state index is 0.223. The molecule has 9 atom stereocenters. The van der Waals surface area contributed by atoms with E-state index in [1.807, 2.05) is 30.5 Å². The zero-order chi connectivity index (χ0) is 26.6. The van der Waals surface area contributed by atoms with Gasteiger partial charge >= 0.3 is 11.9 Å². The van der Waals surface area contributed by atoms with Gasteiger partial charge in [0.15, 0.2) is 12.2 Å². The minimum Gasteiger partial charge on any atom is -0.479 e. The molecule has 3 aliphatic heterocycles. The van der Waals surface area contributed by atoms with Crippen molar-refractivity contribution < 1.29 is 45.3 Å². The molecule has 9 unspecified atom stereocenters. The molecule has 3 fully saturated rings. The van der Waals surface area contributed by atoms with Gasteiger partial charge in [-0.2, -0.15) is 0 Å². The molecule has 3 aliphatic rings. The largest absolute Gasteiger partial charge is 0.479 e. The van der Waals surface area contributed by atoms with Crippen molar-refractivity contribution in [3.63, 3.8) is 0 Å². The lowest BCUT2D eigenvalue weighted by molar-refractivity contribution is -0.172. The summed E-state index contributed by atoms with van der Waals surface area (Å²) in [5.74, 6) is -2.41. The zero-order valence-corrected chi connectivity index (χ0v) is 19.5. The summed E-state index contributed by atoms with van der Waals surface area (Å²) in [4.78, 5) is 27.0. The van der Waals surface area contributed by atoms with Crippen LogP contribution in [-0.2, 0) is 9.59 Å². The molecule has 36 heavy (non-hydrogen) atoms. The van der Waals surface area contributed by atoms with Crippen molar-refractivity contribution in [2.45, 2.75) is 49.4 Å². The monoisotopic (exact) mass is 504 g/mol. The van der Waals surface area contributed by atoms with E-state index in [0.717, 1.165) is 36.0 Å². The van der Waals surface area contributed by atoms with Gasteiger partial charge in [-0.3, -0.25) is 9.88 Å². The first-order valence-corrected chi connectivity index (χ1v) is 11.6. The zero-order valence-electron chi connectivity index (χ0n) is 19.5. The lowest BCUT2D eigenvalue weighted by Crippen LogP contribution is -2.54. The van der Waals surface area contributed by atoms with Crippen LogP contribution in [-0.4, -0.2) is 101 Å². The fourth-order valence-corrected chi connectivity index (χ4v) is 4.95. The molecule has 3 saturated heterocycles. The third-order valence-electron chi connectivity index (χ3n) is 7.02. The molecule has 2 bridgehead atoms. The molecule has 1 aromatic heterocycles. The molecule has 0 saturated carbocycles. The van der Waals surface area contributed by atoms with Crippen LogP contribution in [0.25, 0.3) is 10.9 Å². The number of hydrogen-bond donors (Lipinski definition) is 7. The molecule has 0 amide bonds. The smallest absolute Gasteiger partial charge is 0.335 e. The summed E-state index contributed by atoms with van der Waals surface area (Å²) in [6, 6.07) is 10.3. The van der Waals surface area contributed by atoms with Crippen LogP contribution in [0.4, 0.5) is 0 Å². The van der Waals surface area contributed by atoms with Gasteiger partial charge in [-0.25, -0.2) is 9.59 Å². The van der Waals surface area contributed by atoms with Gasteiger partial charge in [0.2, 0.25) is 0 Å². The summed E-state index contributed by atoms with van der Waals surface area (Å²) in [5, 5.41) is 63.6. The first-order valence-electron chi connectivity index (χ1n) is 11.6. The van der Waals surface area contributed by atoms with Gasteiger partial charge < -0.3 is 35.7 Å². The van der Waals surface area contributed by atoms with Crippen LogP contribution in [0, 0.1) is 11.8 Å². The Hall–Kier alpha value is -2.93. The Labute approximate surface area is 207 Å². The van der Waals surface area contributed by atoms with E-state index in [4.69, 9.17) is 30.6 Å². The number of aliphatic hydroxyl groups is 5. The van der Waals surface area contributed by atoms with Gasteiger partial charge in [-0.1, -0.05) is 24.3 Å². The summed E-state index contributed by atoms with van der Waals surface area (Å²) >= 11 is 0. The predicted octanol–water partition coefficient (Wildman–Crippen LogP) is -0.236. The molecule has 11 heteroatoms. The van der Waals surface area contributed by atoms with Crippen molar-refractivity contribution in [3.05, 3.63) is 54.7 Å².